The molecule has 0 amide bonds. The predicted molar refractivity (Wildman–Crippen MR) is 105 cm³/mol. The van der Waals surface area contributed by atoms with E-state index < -0.39 is 0 Å². The maximum atomic E-state index is 12.5. The zero-order valence-electron chi connectivity index (χ0n) is 17.0. The van der Waals surface area contributed by atoms with Crippen molar-refractivity contribution < 1.29 is 14.3 Å². The topological polar surface area (TPSA) is 69.4 Å². The Kier molecular flexibility index (Phi) is 4.99. The summed E-state index contributed by atoms with van der Waals surface area (Å²) in [6.07, 6.45) is 11.8. The molecule has 3 unspecified atom stereocenters. The van der Waals surface area contributed by atoms with Crippen LogP contribution in [0.3, 0.4) is 0 Å². The molecule has 0 radical (unpaired) electrons. The fourth-order valence-corrected chi connectivity index (χ4v) is 6.99. The van der Waals surface area contributed by atoms with Crippen LogP contribution >= 0.6 is 0 Å². The SMILES string of the molecule is C[C@]12CC[C@H](OC(=O)CCCN)CC1=CCC1C2CC[C@]2(C)C(=O)CCC12. The zero-order chi connectivity index (χ0) is 19.2. The number of carbonyl (C=O) groups is 2. The molecule has 0 aromatic heterocycles. The van der Waals surface area contributed by atoms with Gasteiger partial charge in [-0.05, 0) is 74.7 Å². The van der Waals surface area contributed by atoms with E-state index >= 15 is 0 Å². The van der Waals surface area contributed by atoms with E-state index in [1.807, 2.05) is 0 Å². The van der Waals surface area contributed by atoms with Gasteiger partial charge in [-0.1, -0.05) is 25.5 Å². The Bertz CT molecular complexity index is 656. The third-order valence-corrected chi connectivity index (χ3v) is 8.65. The first kappa shape index (κ1) is 19.2. The number of allylic oxidation sites excluding steroid dienone is 1. The molecule has 150 valence electrons. The third kappa shape index (κ3) is 3.08. The van der Waals surface area contributed by atoms with Gasteiger partial charge in [0.15, 0.2) is 0 Å². The minimum atomic E-state index is -0.0961. The first-order chi connectivity index (χ1) is 12.9. The number of carbonyl (C=O) groups excluding carboxylic acids is 2. The lowest BCUT2D eigenvalue weighted by Gasteiger charge is -2.56. The maximum Gasteiger partial charge on any atom is 0.306 e. The number of hydrogen-bond donors (Lipinski definition) is 1. The average molecular weight is 374 g/mol. The Morgan fingerprint density at radius 2 is 1.93 bits per heavy atom. The van der Waals surface area contributed by atoms with Gasteiger partial charge in [0.1, 0.15) is 11.9 Å². The van der Waals surface area contributed by atoms with Crippen molar-refractivity contribution in [1.29, 1.82) is 0 Å². The Labute approximate surface area is 163 Å². The van der Waals surface area contributed by atoms with E-state index in [-0.39, 0.29) is 22.9 Å². The number of ketones is 1. The second-order valence-electron chi connectivity index (χ2n) is 9.92. The standard InChI is InChI=1S/C23H35NO3/c1-22-11-9-16(27-21(26)4-3-13-24)14-15(22)5-6-17-18-7-8-20(25)23(18,2)12-10-19(17)22/h5,16-19H,3-4,6-14,24H2,1-2H3/t16-,17?,18?,19?,22-,23-/m0/s1. The van der Waals surface area contributed by atoms with Crippen molar-refractivity contribution in [3.8, 4) is 0 Å². The molecule has 0 aromatic carbocycles. The Morgan fingerprint density at radius 3 is 2.70 bits per heavy atom. The zero-order valence-corrected chi connectivity index (χ0v) is 17.0. The highest BCUT2D eigenvalue weighted by Gasteiger charge is 2.58. The van der Waals surface area contributed by atoms with Gasteiger partial charge in [0.2, 0.25) is 0 Å². The average Bonchev–Trinajstić information content (AvgIpc) is 2.95. The Hall–Kier alpha value is -1.16. The molecule has 6 atom stereocenters. The highest BCUT2D eigenvalue weighted by atomic mass is 16.5. The molecule has 0 spiro atoms. The largest absolute Gasteiger partial charge is 0.462 e. The lowest BCUT2D eigenvalue weighted by Crippen LogP contribution is -2.50. The van der Waals surface area contributed by atoms with Crippen molar-refractivity contribution >= 4 is 11.8 Å². The van der Waals surface area contributed by atoms with Gasteiger partial charge in [-0.25, -0.2) is 0 Å². The van der Waals surface area contributed by atoms with Crippen molar-refractivity contribution in [2.45, 2.75) is 84.2 Å². The van der Waals surface area contributed by atoms with Crippen molar-refractivity contribution in [2.24, 2.45) is 34.3 Å². The van der Waals surface area contributed by atoms with E-state index in [0.717, 1.165) is 44.9 Å². The molecule has 0 aromatic rings. The first-order valence-electron chi connectivity index (χ1n) is 11.0. The third-order valence-electron chi connectivity index (χ3n) is 8.65. The van der Waals surface area contributed by atoms with E-state index in [0.29, 0.717) is 42.9 Å². The minimum Gasteiger partial charge on any atom is -0.462 e. The predicted octanol–water partition coefficient (Wildman–Crippen LogP) is 4.17. The van der Waals surface area contributed by atoms with Crippen LogP contribution in [0, 0.1) is 28.6 Å². The number of esters is 1. The van der Waals surface area contributed by atoms with E-state index in [9.17, 15) is 9.59 Å². The molecule has 0 aliphatic heterocycles. The number of Topliss-reactive ketones (excluding diaryl/α,β-unsaturated/α-hetero) is 1. The molecule has 4 nitrogen and oxygen atoms in total. The molecule has 4 rings (SSSR count). The van der Waals surface area contributed by atoms with E-state index in [1.54, 1.807) is 0 Å². The minimum absolute atomic E-state index is 0.0352. The monoisotopic (exact) mass is 373 g/mol. The lowest BCUT2D eigenvalue weighted by molar-refractivity contribution is -0.151. The summed E-state index contributed by atoms with van der Waals surface area (Å²) < 4.78 is 5.74. The van der Waals surface area contributed by atoms with Gasteiger partial charge in [0, 0.05) is 24.7 Å². The van der Waals surface area contributed by atoms with Crippen LogP contribution in [0.25, 0.3) is 0 Å². The molecule has 4 heteroatoms. The van der Waals surface area contributed by atoms with E-state index in [2.05, 4.69) is 19.9 Å². The Balaban J connectivity index is 1.48. The fraction of sp³-hybridized carbons (Fsp3) is 0.826. The summed E-state index contributed by atoms with van der Waals surface area (Å²) in [6.45, 7) is 5.22. The molecular formula is C23H35NO3. The normalized spacial score (nSPS) is 43.4. The molecular weight excluding hydrogens is 338 g/mol. The van der Waals surface area contributed by atoms with Crippen LogP contribution in [0.5, 0.6) is 0 Å². The summed E-state index contributed by atoms with van der Waals surface area (Å²) in [5.41, 5.74) is 7.18. The quantitative estimate of drug-likeness (QED) is 0.593. The molecule has 0 bridgehead atoms. The summed E-state index contributed by atoms with van der Waals surface area (Å²) in [4.78, 5) is 24.5. The van der Waals surface area contributed by atoms with Crippen LogP contribution in [0.2, 0.25) is 0 Å². The van der Waals surface area contributed by atoms with Crippen molar-refractivity contribution in [3.05, 3.63) is 11.6 Å². The van der Waals surface area contributed by atoms with Crippen LogP contribution in [-0.4, -0.2) is 24.4 Å². The van der Waals surface area contributed by atoms with Gasteiger partial charge in [0.25, 0.3) is 0 Å². The van der Waals surface area contributed by atoms with Gasteiger partial charge >= 0.3 is 5.97 Å². The van der Waals surface area contributed by atoms with Crippen molar-refractivity contribution in [3.63, 3.8) is 0 Å². The maximum absolute atomic E-state index is 12.5. The number of hydrogen-bond acceptors (Lipinski definition) is 4. The molecule has 0 heterocycles. The van der Waals surface area contributed by atoms with E-state index in [4.69, 9.17) is 10.5 Å². The van der Waals surface area contributed by atoms with Crippen LogP contribution in [-0.2, 0) is 14.3 Å². The van der Waals surface area contributed by atoms with Crippen LogP contribution < -0.4 is 5.73 Å². The summed E-state index contributed by atoms with van der Waals surface area (Å²) >= 11 is 0. The molecule has 0 saturated heterocycles. The van der Waals surface area contributed by atoms with Crippen LogP contribution in [0.4, 0.5) is 0 Å². The second-order valence-corrected chi connectivity index (χ2v) is 9.92. The first-order valence-corrected chi connectivity index (χ1v) is 11.0. The second kappa shape index (κ2) is 7.02. The summed E-state index contributed by atoms with van der Waals surface area (Å²) in [7, 11) is 0. The molecule has 4 aliphatic rings. The van der Waals surface area contributed by atoms with Gasteiger partial charge in [-0.3, -0.25) is 9.59 Å². The highest BCUT2D eigenvalue weighted by Crippen LogP contribution is 2.64. The van der Waals surface area contributed by atoms with E-state index in [1.165, 1.54) is 12.0 Å². The van der Waals surface area contributed by atoms with Crippen molar-refractivity contribution in [1.82, 2.24) is 0 Å². The van der Waals surface area contributed by atoms with Crippen LogP contribution in [0.15, 0.2) is 11.6 Å². The fourth-order valence-electron chi connectivity index (χ4n) is 6.99. The highest BCUT2D eigenvalue weighted by molar-refractivity contribution is 5.87. The molecule has 3 saturated carbocycles. The smallest absolute Gasteiger partial charge is 0.306 e. The summed E-state index contributed by atoms with van der Waals surface area (Å²) in [5.74, 6) is 2.34. The molecule has 4 aliphatic carbocycles. The van der Waals surface area contributed by atoms with Gasteiger partial charge in [-0.15, -0.1) is 0 Å². The number of rotatable bonds is 4. The lowest BCUT2D eigenvalue weighted by atomic mass is 9.48. The number of ether oxygens (including phenoxy) is 1. The van der Waals surface area contributed by atoms with Crippen molar-refractivity contribution in [2.75, 3.05) is 6.54 Å². The number of nitrogens with two attached hydrogens (primary N) is 1. The summed E-state index contributed by atoms with van der Waals surface area (Å²) in [5, 5.41) is 0. The van der Waals surface area contributed by atoms with Gasteiger partial charge < -0.3 is 10.5 Å². The summed E-state index contributed by atoms with van der Waals surface area (Å²) in [6, 6.07) is 0. The van der Waals surface area contributed by atoms with Crippen LogP contribution in [0.1, 0.15) is 78.1 Å². The van der Waals surface area contributed by atoms with Gasteiger partial charge in [0.05, 0.1) is 0 Å². The molecule has 27 heavy (non-hydrogen) atoms. The number of fused-ring (bicyclic) bond motifs is 5. The van der Waals surface area contributed by atoms with Gasteiger partial charge in [-0.2, -0.15) is 0 Å². The Morgan fingerprint density at radius 1 is 1.19 bits per heavy atom. The molecule has 2 N–H and O–H groups in total. The molecule has 3 fully saturated rings.